The highest BCUT2D eigenvalue weighted by molar-refractivity contribution is 7.86. The SMILES string of the molecule is COc1cc(O)c(C(=O)c2ccccc2)cc1S(=O)(=O)O.O=C(Oc1ccccc1)c1ccccc1O.O=C(c1ccc(O)cc1)C1C=CC(O)=CC1(O)O. The molecule has 0 spiro atoms. The van der Waals surface area contributed by atoms with E-state index in [0.717, 1.165) is 18.2 Å². The minimum Gasteiger partial charge on any atom is -0.508 e. The number of ketones is 2. The summed E-state index contributed by atoms with van der Waals surface area (Å²) in [6, 6.07) is 30.4. The van der Waals surface area contributed by atoms with E-state index in [2.05, 4.69) is 0 Å². The van der Waals surface area contributed by atoms with Crippen molar-refractivity contribution in [3.63, 3.8) is 0 Å². The van der Waals surface area contributed by atoms with Crippen LogP contribution in [0, 0.1) is 5.92 Å². The Hall–Kier alpha value is -6.78. The van der Waals surface area contributed by atoms with Crippen LogP contribution in [0.3, 0.4) is 0 Å². The molecular formula is C40H34O14S. The number of aromatic hydroxyl groups is 3. The number of aliphatic hydroxyl groups excluding tert-OH is 1. The molecule has 55 heavy (non-hydrogen) atoms. The van der Waals surface area contributed by atoms with Gasteiger partial charge in [-0.15, -0.1) is 0 Å². The third-order valence-corrected chi connectivity index (χ3v) is 8.50. The van der Waals surface area contributed by atoms with Gasteiger partial charge in [-0.05, 0) is 60.7 Å². The smallest absolute Gasteiger partial charge is 0.347 e. The summed E-state index contributed by atoms with van der Waals surface area (Å²) in [7, 11) is -3.41. The van der Waals surface area contributed by atoms with E-state index < -0.39 is 50.0 Å². The quantitative estimate of drug-likeness (QED) is 0.0345. The van der Waals surface area contributed by atoms with Gasteiger partial charge in [0.1, 0.15) is 45.0 Å². The maximum atomic E-state index is 12.3. The maximum absolute atomic E-state index is 12.3. The second-order valence-electron chi connectivity index (χ2n) is 11.5. The van der Waals surface area contributed by atoms with Crippen molar-refractivity contribution in [2.45, 2.75) is 10.7 Å². The first-order valence-electron chi connectivity index (χ1n) is 15.9. The topological polar surface area (TPSA) is 245 Å². The molecule has 0 heterocycles. The van der Waals surface area contributed by atoms with Crippen molar-refractivity contribution >= 4 is 27.7 Å². The fraction of sp³-hybridized carbons (Fsp3) is 0.0750. The standard InChI is InChI=1S/C14H12O6S.C13H12O5.C13H10O3/c1-20-12-8-11(15)10(7-13(12)21(17,18)19)14(16)9-5-3-2-4-6-9;14-9-3-1-8(2-4-9)12(16)11-6-5-10(15)7-13(11,17)18;14-12-9-5-4-8-11(12)13(15)16-10-6-2-1-3-7-10/h2-8,15H,1H3,(H,17,18,19);1-7,11,14-15,17-18H;1-9,14H. The fourth-order valence-corrected chi connectivity index (χ4v) is 5.57. The Bertz CT molecular complexity index is 2320. The van der Waals surface area contributed by atoms with Gasteiger partial charge in [0, 0.05) is 23.3 Å². The summed E-state index contributed by atoms with van der Waals surface area (Å²) in [4.78, 5) is 35.4. The van der Waals surface area contributed by atoms with Crippen LogP contribution in [-0.4, -0.2) is 74.0 Å². The van der Waals surface area contributed by atoms with Gasteiger partial charge in [-0.25, -0.2) is 4.79 Å². The van der Waals surface area contributed by atoms with E-state index in [4.69, 9.17) is 24.2 Å². The Morgan fingerprint density at radius 1 is 0.691 bits per heavy atom. The summed E-state index contributed by atoms with van der Waals surface area (Å²) in [5.41, 5.74) is 0.435. The van der Waals surface area contributed by atoms with Crippen molar-refractivity contribution in [2.24, 2.45) is 5.92 Å². The molecular weight excluding hydrogens is 736 g/mol. The molecule has 0 aliphatic heterocycles. The van der Waals surface area contributed by atoms with Crippen LogP contribution in [-0.2, 0) is 10.1 Å². The van der Waals surface area contributed by atoms with E-state index in [-0.39, 0.29) is 45.3 Å². The number of carbonyl (C=O) groups is 3. The van der Waals surface area contributed by atoms with Gasteiger partial charge in [-0.3, -0.25) is 14.1 Å². The first-order chi connectivity index (χ1) is 26.0. The van der Waals surface area contributed by atoms with Gasteiger partial charge in [0.2, 0.25) is 5.79 Å². The lowest BCUT2D eigenvalue weighted by Crippen LogP contribution is -2.41. The van der Waals surface area contributed by atoms with Crippen molar-refractivity contribution in [3.05, 3.63) is 168 Å². The minimum atomic E-state index is -4.59. The molecule has 0 aromatic heterocycles. The van der Waals surface area contributed by atoms with Crippen molar-refractivity contribution < 1.29 is 67.5 Å². The van der Waals surface area contributed by atoms with Crippen LogP contribution in [0.15, 0.2) is 150 Å². The third kappa shape index (κ3) is 10.9. The predicted molar refractivity (Wildman–Crippen MR) is 197 cm³/mol. The summed E-state index contributed by atoms with van der Waals surface area (Å²) >= 11 is 0. The molecule has 0 saturated carbocycles. The number of aliphatic hydroxyl groups is 3. The number of carbonyl (C=O) groups excluding carboxylic acids is 3. The van der Waals surface area contributed by atoms with Crippen molar-refractivity contribution in [1.29, 1.82) is 0 Å². The van der Waals surface area contributed by atoms with Crippen LogP contribution < -0.4 is 9.47 Å². The van der Waals surface area contributed by atoms with E-state index >= 15 is 0 Å². The number of rotatable bonds is 8. The van der Waals surface area contributed by atoms with E-state index in [1.807, 2.05) is 6.07 Å². The summed E-state index contributed by atoms with van der Waals surface area (Å²) < 4.78 is 41.7. The summed E-state index contributed by atoms with van der Waals surface area (Å²) in [6.45, 7) is 0. The number of para-hydroxylation sites is 2. The first-order valence-corrected chi connectivity index (χ1v) is 17.4. The Morgan fingerprint density at radius 3 is 1.84 bits per heavy atom. The lowest BCUT2D eigenvalue weighted by Gasteiger charge is -2.27. The number of hydrogen-bond acceptors (Lipinski definition) is 13. The zero-order valence-electron chi connectivity index (χ0n) is 28.8. The minimum absolute atomic E-state index is 0.0162. The number of benzene rings is 5. The monoisotopic (exact) mass is 770 g/mol. The van der Waals surface area contributed by atoms with Crippen LogP contribution in [0.5, 0.6) is 28.7 Å². The van der Waals surface area contributed by atoms with Gasteiger partial charge in [-0.1, -0.05) is 66.7 Å². The van der Waals surface area contributed by atoms with Crippen LogP contribution >= 0.6 is 0 Å². The van der Waals surface area contributed by atoms with Gasteiger partial charge in [-0.2, -0.15) is 8.42 Å². The van der Waals surface area contributed by atoms with E-state index in [1.165, 1.54) is 67.8 Å². The van der Waals surface area contributed by atoms with Crippen LogP contribution in [0.1, 0.15) is 36.6 Å². The third-order valence-electron chi connectivity index (χ3n) is 7.63. The average molecular weight is 771 g/mol. The van der Waals surface area contributed by atoms with Gasteiger partial charge in [0.05, 0.1) is 18.6 Å². The zero-order chi connectivity index (χ0) is 40.3. The lowest BCUT2D eigenvalue weighted by atomic mass is 9.86. The van der Waals surface area contributed by atoms with Crippen molar-refractivity contribution in [3.8, 4) is 28.7 Å². The number of Topliss-reactive ketones (excluding diaryl/α,β-unsaturated/α-hetero) is 1. The molecule has 6 rings (SSSR count). The van der Waals surface area contributed by atoms with Crippen LogP contribution in [0.2, 0.25) is 0 Å². The number of ether oxygens (including phenoxy) is 2. The molecule has 1 unspecified atom stereocenters. The molecule has 7 N–H and O–H groups in total. The predicted octanol–water partition coefficient (Wildman–Crippen LogP) is 5.37. The fourth-order valence-electron chi connectivity index (χ4n) is 4.91. The highest BCUT2D eigenvalue weighted by Crippen LogP contribution is 2.33. The number of allylic oxidation sites excluding steroid dienone is 1. The van der Waals surface area contributed by atoms with Gasteiger partial charge in [0.25, 0.3) is 10.1 Å². The molecule has 0 amide bonds. The lowest BCUT2D eigenvalue weighted by molar-refractivity contribution is -0.138. The molecule has 0 fully saturated rings. The highest BCUT2D eigenvalue weighted by Gasteiger charge is 2.39. The molecule has 0 radical (unpaired) electrons. The molecule has 14 nitrogen and oxygen atoms in total. The number of methoxy groups -OCH3 is 1. The number of hydrogen-bond donors (Lipinski definition) is 7. The van der Waals surface area contributed by atoms with E-state index in [0.29, 0.717) is 5.75 Å². The molecule has 1 aliphatic rings. The Labute approximate surface area is 314 Å². The van der Waals surface area contributed by atoms with E-state index in [9.17, 15) is 43.2 Å². The molecule has 284 valence electrons. The van der Waals surface area contributed by atoms with Gasteiger partial charge < -0.3 is 40.1 Å². The maximum Gasteiger partial charge on any atom is 0.347 e. The van der Waals surface area contributed by atoms with Crippen LogP contribution in [0.4, 0.5) is 0 Å². The summed E-state index contributed by atoms with van der Waals surface area (Å²) in [6.07, 6.45) is 3.26. The van der Waals surface area contributed by atoms with Crippen LogP contribution in [0.25, 0.3) is 0 Å². The van der Waals surface area contributed by atoms with Crippen molar-refractivity contribution in [1.82, 2.24) is 0 Å². The Morgan fingerprint density at radius 2 is 1.27 bits per heavy atom. The highest BCUT2D eigenvalue weighted by atomic mass is 32.2. The Balaban J connectivity index is 0.000000185. The number of phenols is 3. The number of phenolic OH excluding ortho intramolecular Hbond substituents is 3. The molecule has 5 aromatic rings. The average Bonchev–Trinajstić information content (AvgIpc) is 3.15. The zero-order valence-corrected chi connectivity index (χ0v) is 29.6. The Kier molecular flexibility index (Phi) is 13.3. The molecule has 0 bridgehead atoms. The molecule has 1 atom stereocenters. The molecule has 1 aliphatic carbocycles. The van der Waals surface area contributed by atoms with Crippen molar-refractivity contribution in [2.75, 3.05) is 7.11 Å². The van der Waals surface area contributed by atoms with Gasteiger partial charge >= 0.3 is 5.97 Å². The van der Waals surface area contributed by atoms with E-state index in [1.54, 1.807) is 54.6 Å². The normalized spacial score (nSPS) is 14.1. The molecule has 5 aromatic carbocycles. The van der Waals surface area contributed by atoms with Gasteiger partial charge in [0.15, 0.2) is 11.6 Å². The number of esters is 1. The molecule has 0 saturated heterocycles. The largest absolute Gasteiger partial charge is 0.508 e. The summed E-state index contributed by atoms with van der Waals surface area (Å²) in [5, 5.41) is 57.0. The summed E-state index contributed by atoms with van der Waals surface area (Å²) in [5.74, 6) is -5.87. The molecule has 15 heteroatoms. The second kappa shape index (κ2) is 17.8. The second-order valence-corrected chi connectivity index (χ2v) is 12.9. The first kappa shape index (κ1) is 41.0.